The summed E-state index contributed by atoms with van der Waals surface area (Å²) in [5.74, 6) is 0. The maximum atomic E-state index is 11.5. The average molecular weight is 383 g/mol. The molecular weight excluding hydrogens is 368 g/mol. The molecule has 0 radical (unpaired) electrons. The minimum atomic E-state index is -3.35. The molecule has 0 saturated heterocycles. The maximum Gasteiger partial charge on any atom is 0.246 e. The van der Waals surface area contributed by atoms with Crippen molar-refractivity contribution in [2.24, 2.45) is 0 Å². The molecule has 1 aliphatic rings. The molecule has 22 heavy (non-hydrogen) atoms. The van der Waals surface area contributed by atoms with Gasteiger partial charge in [0.1, 0.15) is 0 Å². The molecule has 2 aromatic heterocycles. The molecule has 3 heterocycles. The lowest BCUT2D eigenvalue weighted by atomic mass is 10.1. The molecule has 8 heteroatoms. The second-order valence-electron chi connectivity index (χ2n) is 5.33. The van der Waals surface area contributed by atoms with Crippen LogP contribution in [0.3, 0.4) is 0 Å². The molecule has 0 amide bonds. The zero-order chi connectivity index (χ0) is 15.7. The fourth-order valence-corrected chi connectivity index (χ4v) is 3.15. The Kier molecular flexibility index (Phi) is 4.24. The number of fused-ring (bicyclic) bond motifs is 1. The predicted octanol–water partition coefficient (Wildman–Crippen LogP) is 1.60. The van der Waals surface area contributed by atoms with Crippen LogP contribution in [0.2, 0.25) is 0 Å². The molecule has 0 aromatic carbocycles. The normalized spacial score (nSPS) is 15.5. The Balaban J connectivity index is 1.75. The van der Waals surface area contributed by atoms with Gasteiger partial charge < -0.3 is 0 Å². The van der Waals surface area contributed by atoms with Gasteiger partial charge in [-0.2, -0.15) is 0 Å². The maximum absolute atomic E-state index is 11.5. The summed E-state index contributed by atoms with van der Waals surface area (Å²) in [6.07, 6.45) is 5.26. The lowest BCUT2D eigenvalue weighted by Gasteiger charge is -2.27. The first-order valence-electron chi connectivity index (χ1n) is 6.79. The number of rotatable bonds is 3. The van der Waals surface area contributed by atoms with Gasteiger partial charge >= 0.3 is 0 Å². The smallest absolute Gasteiger partial charge is 0.246 e. The van der Waals surface area contributed by atoms with Gasteiger partial charge in [0.15, 0.2) is 0 Å². The summed E-state index contributed by atoms with van der Waals surface area (Å²) in [7, 11) is -3.35. The third-order valence-corrected chi connectivity index (χ3v) is 4.83. The number of aromatic nitrogens is 3. The first-order valence-corrected chi connectivity index (χ1v) is 9.48. The van der Waals surface area contributed by atoms with Gasteiger partial charge in [0, 0.05) is 54.7 Å². The Labute approximate surface area is 137 Å². The van der Waals surface area contributed by atoms with Crippen molar-refractivity contribution in [1.82, 2.24) is 19.9 Å². The highest BCUT2D eigenvalue weighted by molar-refractivity contribution is 9.10. The van der Waals surface area contributed by atoms with Crippen LogP contribution >= 0.6 is 15.9 Å². The lowest BCUT2D eigenvalue weighted by molar-refractivity contribution is 0.239. The van der Waals surface area contributed by atoms with Crippen molar-refractivity contribution in [3.8, 4) is 0 Å². The van der Waals surface area contributed by atoms with Crippen molar-refractivity contribution in [3.05, 3.63) is 46.0 Å². The fourth-order valence-electron chi connectivity index (χ4n) is 2.40. The summed E-state index contributed by atoms with van der Waals surface area (Å²) in [6.45, 7) is 2.28. The van der Waals surface area contributed by atoms with E-state index in [0.717, 1.165) is 47.2 Å². The van der Waals surface area contributed by atoms with E-state index in [1.54, 1.807) is 12.4 Å². The number of pyridine rings is 1. The van der Waals surface area contributed by atoms with Gasteiger partial charge in [0.25, 0.3) is 0 Å². The van der Waals surface area contributed by atoms with E-state index >= 15 is 0 Å². The Hall–Kier alpha value is -1.38. The molecule has 0 N–H and O–H groups in total. The average Bonchev–Trinajstić information content (AvgIpc) is 2.48. The first-order chi connectivity index (χ1) is 10.4. The molecule has 0 spiro atoms. The number of sulfone groups is 1. The van der Waals surface area contributed by atoms with Gasteiger partial charge in [-0.25, -0.2) is 18.4 Å². The van der Waals surface area contributed by atoms with E-state index in [2.05, 4.69) is 35.8 Å². The van der Waals surface area contributed by atoms with Gasteiger partial charge in [0.05, 0.1) is 11.4 Å². The SMILES string of the molecule is CS(=O)(=O)c1ncc2c(n1)CCN(Cc1ccc(Br)cn1)C2. The number of hydrogen-bond donors (Lipinski definition) is 0. The fraction of sp³-hybridized carbons (Fsp3) is 0.357. The van der Waals surface area contributed by atoms with E-state index in [4.69, 9.17) is 0 Å². The van der Waals surface area contributed by atoms with Crippen LogP contribution in [-0.4, -0.2) is 41.1 Å². The van der Waals surface area contributed by atoms with Gasteiger partial charge in [-0.05, 0) is 28.1 Å². The van der Waals surface area contributed by atoms with E-state index in [1.165, 1.54) is 0 Å². The van der Waals surface area contributed by atoms with Crippen LogP contribution < -0.4 is 0 Å². The van der Waals surface area contributed by atoms with Crippen LogP contribution in [0.1, 0.15) is 17.0 Å². The summed E-state index contributed by atoms with van der Waals surface area (Å²) >= 11 is 3.37. The molecule has 1 aliphatic heterocycles. The molecule has 116 valence electrons. The van der Waals surface area contributed by atoms with Gasteiger partial charge in [-0.15, -0.1) is 0 Å². The molecule has 0 fully saturated rings. The highest BCUT2D eigenvalue weighted by Gasteiger charge is 2.21. The molecule has 0 atom stereocenters. The van der Waals surface area contributed by atoms with Crippen LogP contribution in [0.25, 0.3) is 0 Å². The molecular formula is C14H15BrN4O2S. The van der Waals surface area contributed by atoms with Gasteiger partial charge in [-0.1, -0.05) is 0 Å². The highest BCUT2D eigenvalue weighted by Crippen LogP contribution is 2.19. The van der Waals surface area contributed by atoms with Crippen molar-refractivity contribution >= 4 is 25.8 Å². The second kappa shape index (κ2) is 6.02. The van der Waals surface area contributed by atoms with E-state index in [-0.39, 0.29) is 5.16 Å². The standard InChI is InChI=1S/C14H15BrN4O2S/c1-22(20,21)14-17-6-10-8-19(5-4-13(10)18-14)9-12-3-2-11(15)7-16-12/h2-3,6-7H,4-5,8-9H2,1H3. The number of nitrogens with zero attached hydrogens (tertiary/aromatic N) is 4. The topological polar surface area (TPSA) is 76.1 Å². The summed E-state index contributed by atoms with van der Waals surface area (Å²) in [6, 6.07) is 3.96. The summed E-state index contributed by atoms with van der Waals surface area (Å²) in [5, 5.41) is -0.0886. The molecule has 0 saturated carbocycles. The van der Waals surface area contributed by atoms with Gasteiger partial charge in [-0.3, -0.25) is 9.88 Å². The predicted molar refractivity (Wildman–Crippen MR) is 84.9 cm³/mol. The third-order valence-electron chi connectivity index (χ3n) is 3.50. The minimum absolute atomic E-state index is 0.0886. The Morgan fingerprint density at radius 1 is 1.27 bits per heavy atom. The number of halogens is 1. The van der Waals surface area contributed by atoms with Crippen LogP contribution in [0.15, 0.2) is 34.2 Å². The van der Waals surface area contributed by atoms with Crippen LogP contribution in [0.5, 0.6) is 0 Å². The molecule has 0 bridgehead atoms. The summed E-state index contributed by atoms with van der Waals surface area (Å²) in [4.78, 5) is 14.8. The third kappa shape index (κ3) is 3.50. The second-order valence-corrected chi connectivity index (χ2v) is 8.15. The van der Waals surface area contributed by atoms with Crippen molar-refractivity contribution in [2.45, 2.75) is 24.7 Å². The van der Waals surface area contributed by atoms with E-state index < -0.39 is 9.84 Å². The first kappa shape index (κ1) is 15.5. The van der Waals surface area contributed by atoms with Crippen LogP contribution in [0.4, 0.5) is 0 Å². The highest BCUT2D eigenvalue weighted by atomic mass is 79.9. The molecule has 6 nitrogen and oxygen atoms in total. The van der Waals surface area contributed by atoms with E-state index in [1.807, 2.05) is 12.1 Å². The largest absolute Gasteiger partial charge is 0.293 e. The van der Waals surface area contributed by atoms with E-state index in [9.17, 15) is 8.42 Å². The zero-order valence-electron chi connectivity index (χ0n) is 12.0. The molecule has 0 aliphatic carbocycles. The van der Waals surface area contributed by atoms with Crippen molar-refractivity contribution in [2.75, 3.05) is 12.8 Å². The van der Waals surface area contributed by atoms with Crippen LogP contribution in [-0.2, 0) is 29.3 Å². The summed E-state index contributed by atoms with van der Waals surface area (Å²) < 4.78 is 24.0. The van der Waals surface area contributed by atoms with Crippen LogP contribution in [0, 0.1) is 0 Å². The molecule has 3 rings (SSSR count). The number of hydrogen-bond acceptors (Lipinski definition) is 6. The molecule has 2 aromatic rings. The zero-order valence-corrected chi connectivity index (χ0v) is 14.4. The Bertz CT molecular complexity index is 793. The van der Waals surface area contributed by atoms with E-state index in [0.29, 0.717) is 6.54 Å². The molecule has 0 unspecified atom stereocenters. The minimum Gasteiger partial charge on any atom is -0.293 e. The lowest BCUT2D eigenvalue weighted by Crippen LogP contribution is -2.31. The quantitative estimate of drug-likeness (QED) is 0.750. The van der Waals surface area contributed by atoms with Gasteiger partial charge in [0.2, 0.25) is 15.0 Å². The Morgan fingerprint density at radius 2 is 2.09 bits per heavy atom. The van der Waals surface area contributed by atoms with Crippen molar-refractivity contribution in [1.29, 1.82) is 0 Å². The van der Waals surface area contributed by atoms with Crippen molar-refractivity contribution in [3.63, 3.8) is 0 Å². The Morgan fingerprint density at radius 3 is 2.77 bits per heavy atom. The monoisotopic (exact) mass is 382 g/mol. The summed E-state index contributed by atoms with van der Waals surface area (Å²) in [5.41, 5.74) is 2.81. The van der Waals surface area contributed by atoms with Crippen molar-refractivity contribution < 1.29 is 8.42 Å².